The Morgan fingerprint density at radius 2 is 1.72 bits per heavy atom. The number of rotatable bonds is 6. The summed E-state index contributed by atoms with van der Waals surface area (Å²) in [5.74, 6) is 0.501. The molecule has 1 saturated heterocycles. The molecule has 5 rings (SSSR count). The third-order valence-electron chi connectivity index (χ3n) is 6.06. The molecule has 2 heterocycles. The van der Waals surface area contributed by atoms with Gasteiger partial charge in [-0.3, -0.25) is 14.7 Å². The van der Waals surface area contributed by atoms with Crippen LogP contribution in [0.2, 0.25) is 0 Å². The summed E-state index contributed by atoms with van der Waals surface area (Å²) in [6.45, 7) is 3.99. The minimum atomic E-state index is -0.0216. The average Bonchev–Trinajstić information content (AvgIpc) is 3.49. The Bertz CT molecular complexity index is 1020. The second kappa shape index (κ2) is 7.96. The first kappa shape index (κ1) is 18.3. The predicted octanol–water partition coefficient (Wildman–Crippen LogP) is 4.64. The molecule has 148 valence electrons. The highest BCUT2D eigenvalue weighted by Crippen LogP contribution is 2.40. The van der Waals surface area contributed by atoms with Crippen LogP contribution in [0.3, 0.4) is 0 Å². The van der Waals surface area contributed by atoms with Gasteiger partial charge < -0.3 is 5.32 Å². The summed E-state index contributed by atoms with van der Waals surface area (Å²) in [7, 11) is 0. The van der Waals surface area contributed by atoms with Crippen molar-refractivity contribution in [2.45, 2.75) is 44.7 Å². The molecule has 3 aromatic rings. The molecular formula is C25H27N3O. The summed E-state index contributed by atoms with van der Waals surface area (Å²) < 4.78 is 0. The number of benzene rings is 2. The Balaban J connectivity index is 1.28. The lowest BCUT2D eigenvalue weighted by Crippen LogP contribution is -2.23. The van der Waals surface area contributed by atoms with Gasteiger partial charge in [-0.05, 0) is 62.0 Å². The Morgan fingerprint density at radius 1 is 1.00 bits per heavy atom. The monoisotopic (exact) mass is 385 g/mol. The number of pyridine rings is 1. The summed E-state index contributed by atoms with van der Waals surface area (Å²) in [5, 5.41) is 4.04. The van der Waals surface area contributed by atoms with Crippen LogP contribution in [0.15, 0.2) is 54.6 Å². The van der Waals surface area contributed by atoms with Gasteiger partial charge in [-0.2, -0.15) is 0 Å². The van der Waals surface area contributed by atoms with Crippen LogP contribution in [0.5, 0.6) is 0 Å². The largest absolute Gasteiger partial charge is 0.348 e. The van der Waals surface area contributed by atoms with E-state index in [4.69, 9.17) is 4.98 Å². The van der Waals surface area contributed by atoms with Crippen molar-refractivity contribution >= 4 is 16.8 Å². The quantitative estimate of drug-likeness (QED) is 0.672. The van der Waals surface area contributed by atoms with E-state index in [0.29, 0.717) is 12.5 Å². The smallest absolute Gasteiger partial charge is 0.252 e. The van der Waals surface area contributed by atoms with E-state index >= 15 is 0 Å². The first-order valence-corrected chi connectivity index (χ1v) is 10.7. The molecule has 4 heteroatoms. The SMILES string of the molecule is O=C(NCc1ccc(CN2CCCC2)cc1)c1cc(C2CC2)nc2ccccc12. The molecule has 1 aromatic heterocycles. The van der Waals surface area contributed by atoms with Gasteiger partial charge in [0.1, 0.15) is 0 Å². The van der Waals surface area contributed by atoms with Gasteiger partial charge in [0.15, 0.2) is 0 Å². The van der Waals surface area contributed by atoms with Crippen LogP contribution in [0.25, 0.3) is 10.9 Å². The van der Waals surface area contributed by atoms with E-state index in [1.165, 1.54) is 44.3 Å². The van der Waals surface area contributed by atoms with E-state index in [9.17, 15) is 4.79 Å². The van der Waals surface area contributed by atoms with Crippen molar-refractivity contribution in [2.75, 3.05) is 13.1 Å². The van der Waals surface area contributed by atoms with Crippen LogP contribution in [-0.2, 0) is 13.1 Å². The zero-order valence-electron chi connectivity index (χ0n) is 16.7. The Morgan fingerprint density at radius 3 is 2.48 bits per heavy atom. The number of para-hydroxylation sites is 1. The number of amides is 1. The van der Waals surface area contributed by atoms with Gasteiger partial charge in [0, 0.05) is 30.1 Å². The van der Waals surface area contributed by atoms with Crippen LogP contribution >= 0.6 is 0 Å². The lowest BCUT2D eigenvalue weighted by atomic mass is 10.0. The van der Waals surface area contributed by atoms with Gasteiger partial charge in [-0.15, -0.1) is 0 Å². The highest BCUT2D eigenvalue weighted by atomic mass is 16.1. The minimum Gasteiger partial charge on any atom is -0.348 e. The van der Waals surface area contributed by atoms with Crippen molar-refractivity contribution < 1.29 is 4.79 Å². The van der Waals surface area contributed by atoms with E-state index in [0.717, 1.165) is 34.3 Å². The van der Waals surface area contributed by atoms with Crippen molar-refractivity contribution in [3.05, 3.63) is 77.0 Å². The molecule has 4 nitrogen and oxygen atoms in total. The number of carbonyl (C=O) groups is 1. The van der Waals surface area contributed by atoms with Crippen molar-refractivity contribution in [2.24, 2.45) is 0 Å². The van der Waals surface area contributed by atoms with Crippen LogP contribution in [-0.4, -0.2) is 28.9 Å². The van der Waals surface area contributed by atoms with Gasteiger partial charge in [0.25, 0.3) is 5.91 Å². The highest BCUT2D eigenvalue weighted by Gasteiger charge is 2.26. The zero-order valence-corrected chi connectivity index (χ0v) is 16.7. The van der Waals surface area contributed by atoms with Crippen molar-refractivity contribution in [3.8, 4) is 0 Å². The minimum absolute atomic E-state index is 0.0216. The number of fused-ring (bicyclic) bond motifs is 1. The van der Waals surface area contributed by atoms with Crippen molar-refractivity contribution in [3.63, 3.8) is 0 Å². The Kier molecular flexibility index (Phi) is 5.03. The molecule has 2 aliphatic rings. The third kappa shape index (κ3) is 4.18. The van der Waals surface area contributed by atoms with Crippen LogP contribution < -0.4 is 5.32 Å². The molecule has 0 atom stereocenters. The molecule has 1 amide bonds. The second-order valence-electron chi connectivity index (χ2n) is 8.37. The third-order valence-corrected chi connectivity index (χ3v) is 6.06. The standard InChI is InChI=1S/C25H27N3O/c29-25(22-15-24(20-11-12-20)27-23-6-2-1-5-21(22)23)26-16-18-7-9-19(10-8-18)17-28-13-3-4-14-28/h1-2,5-10,15,20H,3-4,11-14,16-17H2,(H,26,29). The first-order chi connectivity index (χ1) is 14.3. The lowest BCUT2D eigenvalue weighted by Gasteiger charge is -2.15. The molecule has 0 unspecified atom stereocenters. The number of likely N-dealkylation sites (tertiary alicyclic amines) is 1. The normalized spacial score (nSPS) is 17.0. The number of hydrogen-bond acceptors (Lipinski definition) is 3. The number of carbonyl (C=O) groups excluding carboxylic acids is 1. The maximum absolute atomic E-state index is 13.0. The molecule has 1 aliphatic heterocycles. The van der Waals surface area contributed by atoms with Crippen LogP contribution in [0, 0.1) is 0 Å². The van der Waals surface area contributed by atoms with E-state index in [1.54, 1.807) is 0 Å². The number of aromatic nitrogens is 1. The van der Waals surface area contributed by atoms with E-state index in [-0.39, 0.29) is 5.91 Å². The fourth-order valence-electron chi connectivity index (χ4n) is 4.21. The fourth-order valence-corrected chi connectivity index (χ4v) is 4.21. The summed E-state index contributed by atoms with van der Waals surface area (Å²) in [6.07, 6.45) is 4.99. The van der Waals surface area contributed by atoms with Gasteiger partial charge in [-0.1, -0.05) is 42.5 Å². The highest BCUT2D eigenvalue weighted by molar-refractivity contribution is 6.06. The topological polar surface area (TPSA) is 45.2 Å². The number of nitrogens with zero attached hydrogens (tertiary/aromatic N) is 2. The van der Waals surface area contributed by atoms with Crippen LogP contribution in [0.4, 0.5) is 0 Å². The average molecular weight is 386 g/mol. The molecule has 2 fully saturated rings. The molecule has 0 radical (unpaired) electrons. The van der Waals surface area contributed by atoms with E-state index < -0.39 is 0 Å². The fraction of sp³-hybridized carbons (Fsp3) is 0.360. The Labute approximate surface area is 171 Å². The predicted molar refractivity (Wildman–Crippen MR) is 116 cm³/mol. The lowest BCUT2D eigenvalue weighted by molar-refractivity contribution is 0.0952. The summed E-state index contributed by atoms with van der Waals surface area (Å²) in [4.78, 5) is 20.2. The van der Waals surface area contributed by atoms with Gasteiger partial charge in [0.05, 0.1) is 11.1 Å². The van der Waals surface area contributed by atoms with Crippen molar-refractivity contribution in [1.29, 1.82) is 0 Å². The molecule has 1 aliphatic carbocycles. The molecule has 1 N–H and O–H groups in total. The van der Waals surface area contributed by atoms with Crippen molar-refractivity contribution in [1.82, 2.24) is 15.2 Å². The maximum Gasteiger partial charge on any atom is 0.252 e. The first-order valence-electron chi connectivity index (χ1n) is 10.7. The number of hydrogen-bond donors (Lipinski definition) is 1. The molecule has 0 spiro atoms. The maximum atomic E-state index is 13.0. The summed E-state index contributed by atoms with van der Waals surface area (Å²) in [6, 6.07) is 18.6. The second-order valence-corrected chi connectivity index (χ2v) is 8.37. The van der Waals surface area contributed by atoms with Gasteiger partial charge >= 0.3 is 0 Å². The van der Waals surface area contributed by atoms with Gasteiger partial charge in [-0.25, -0.2) is 0 Å². The van der Waals surface area contributed by atoms with Crippen LogP contribution in [0.1, 0.15) is 58.8 Å². The summed E-state index contributed by atoms with van der Waals surface area (Å²) >= 11 is 0. The van der Waals surface area contributed by atoms with Gasteiger partial charge in [0.2, 0.25) is 0 Å². The Hall–Kier alpha value is -2.72. The zero-order chi connectivity index (χ0) is 19.6. The number of nitrogens with one attached hydrogen (secondary N) is 1. The van der Waals surface area contributed by atoms with E-state index in [1.807, 2.05) is 30.3 Å². The molecule has 29 heavy (non-hydrogen) atoms. The molecule has 2 aromatic carbocycles. The molecule has 1 saturated carbocycles. The summed E-state index contributed by atoms with van der Waals surface area (Å²) in [5.41, 5.74) is 5.18. The van der Waals surface area contributed by atoms with E-state index in [2.05, 4.69) is 34.5 Å². The molecular weight excluding hydrogens is 358 g/mol. The molecule has 0 bridgehead atoms.